The summed E-state index contributed by atoms with van der Waals surface area (Å²) < 4.78 is 4.67. The predicted molar refractivity (Wildman–Crippen MR) is 29.1 cm³/mol. The van der Waals surface area contributed by atoms with Crippen LogP contribution >= 0.6 is 9.24 Å². The molecule has 0 N–H and O–H groups in total. The lowest BCUT2D eigenvalue weighted by atomic mass is 10.6. The van der Waals surface area contributed by atoms with Crippen LogP contribution in [-0.4, -0.2) is 20.8 Å². The summed E-state index contributed by atoms with van der Waals surface area (Å²) in [6, 6.07) is 0. The zero-order valence-corrected chi connectivity index (χ0v) is 4.55. The molecular weight excluding hydrogens is 81.8 g/mol. The van der Waals surface area contributed by atoms with E-state index < -0.39 is 0 Å². The van der Waals surface area contributed by atoms with Crippen molar-refractivity contribution in [3.63, 3.8) is 0 Å². The highest BCUT2D eigenvalue weighted by Gasteiger charge is 1.66. The van der Waals surface area contributed by atoms with Gasteiger partial charge < -0.3 is 4.65 Å². The Morgan fingerprint density at radius 3 is 2.40 bits per heavy atom. The lowest BCUT2D eigenvalue weighted by Crippen LogP contribution is -1.86. The molecule has 0 aliphatic rings. The van der Waals surface area contributed by atoms with Gasteiger partial charge in [0.2, 0.25) is 0 Å². The molecule has 1 nitrogen and oxygen atoms in total. The smallest absolute Gasteiger partial charge is 0.257 e. The Bertz CT molecular complexity index is 17.1. The highest BCUT2D eigenvalue weighted by Crippen LogP contribution is 1.75. The van der Waals surface area contributed by atoms with Crippen molar-refractivity contribution in [2.24, 2.45) is 0 Å². The van der Waals surface area contributed by atoms with E-state index >= 15 is 0 Å². The van der Waals surface area contributed by atoms with Crippen LogP contribution in [0.1, 0.15) is 0 Å². The van der Waals surface area contributed by atoms with E-state index in [0.29, 0.717) is 0 Å². The Balaban J connectivity index is 2.19. The van der Waals surface area contributed by atoms with Crippen LogP contribution in [0.2, 0.25) is 0 Å². The quantitative estimate of drug-likeness (QED) is 0.325. The number of rotatable bonds is 2. The first-order valence-corrected chi connectivity index (χ1v) is 2.42. The Morgan fingerprint density at radius 1 is 1.80 bits per heavy atom. The maximum absolute atomic E-state index is 4.67. The van der Waals surface area contributed by atoms with Gasteiger partial charge in [0, 0.05) is 6.61 Å². The minimum Gasteiger partial charge on any atom is -0.444 e. The molecule has 0 aromatic carbocycles. The first-order chi connectivity index (χ1) is 2.41. The van der Waals surface area contributed by atoms with Crippen molar-refractivity contribution >= 4 is 17.3 Å². The van der Waals surface area contributed by atoms with E-state index in [1.807, 2.05) is 0 Å². The van der Waals surface area contributed by atoms with Crippen molar-refractivity contribution in [3.05, 3.63) is 0 Å². The molecule has 0 bridgehead atoms. The molecule has 0 fully saturated rings. The first-order valence-electron chi connectivity index (χ1n) is 1.61. The Hall–Kier alpha value is 0.455. The lowest BCUT2D eigenvalue weighted by Gasteiger charge is -1.85. The fourth-order valence-corrected chi connectivity index (χ4v) is 0.354. The first kappa shape index (κ1) is 5.45. The highest BCUT2D eigenvalue weighted by molar-refractivity contribution is 7.16. The van der Waals surface area contributed by atoms with Gasteiger partial charge in [-0.2, -0.15) is 0 Å². The molecule has 0 spiro atoms. The molecule has 3 heteroatoms. The maximum atomic E-state index is 4.67. The molecule has 5 heavy (non-hydrogen) atoms. The third-order valence-electron chi connectivity index (χ3n) is 0.322. The van der Waals surface area contributed by atoms with E-state index in [-0.39, 0.29) is 0 Å². The normalized spacial score (nSPS) is 8.20. The summed E-state index contributed by atoms with van der Waals surface area (Å²) in [5, 5.41) is 0. The molecule has 1 atom stereocenters. The summed E-state index contributed by atoms with van der Waals surface area (Å²) >= 11 is 0. The van der Waals surface area contributed by atoms with Crippen molar-refractivity contribution < 1.29 is 4.65 Å². The van der Waals surface area contributed by atoms with Gasteiger partial charge in [-0.15, -0.1) is 9.24 Å². The van der Waals surface area contributed by atoms with Crippen LogP contribution in [0.4, 0.5) is 0 Å². The van der Waals surface area contributed by atoms with Gasteiger partial charge in [-0.3, -0.25) is 0 Å². The number of hydrogen-bond acceptors (Lipinski definition) is 1. The Labute approximate surface area is 35.7 Å². The third kappa shape index (κ3) is 4.45. The molecule has 0 aliphatic carbocycles. The van der Waals surface area contributed by atoms with E-state index in [0.717, 1.165) is 12.8 Å². The topological polar surface area (TPSA) is 9.23 Å². The standard InChI is InChI=1S/C2H8BOP/c3-4-1-2-5/h1-3,5H2. The Morgan fingerprint density at radius 2 is 2.40 bits per heavy atom. The third-order valence-corrected chi connectivity index (χ3v) is 0.558. The largest absolute Gasteiger partial charge is 0.444 e. The summed E-state index contributed by atoms with van der Waals surface area (Å²) in [5.74, 6) is 0. The van der Waals surface area contributed by atoms with Gasteiger partial charge in [0.15, 0.2) is 0 Å². The van der Waals surface area contributed by atoms with E-state index in [1.54, 1.807) is 8.05 Å². The minimum atomic E-state index is 0.852. The van der Waals surface area contributed by atoms with Crippen LogP contribution in [0, 0.1) is 0 Å². The predicted octanol–water partition coefficient (Wildman–Crippen LogP) is -0.574. The van der Waals surface area contributed by atoms with Gasteiger partial charge in [0.1, 0.15) is 0 Å². The molecule has 0 radical (unpaired) electrons. The fourth-order valence-electron chi connectivity index (χ4n) is 0.118. The van der Waals surface area contributed by atoms with Crippen LogP contribution in [0.3, 0.4) is 0 Å². The van der Waals surface area contributed by atoms with E-state index in [1.165, 1.54) is 0 Å². The van der Waals surface area contributed by atoms with E-state index in [2.05, 4.69) is 13.9 Å². The van der Waals surface area contributed by atoms with E-state index in [4.69, 9.17) is 0 Å². The average molecular weight is 89.9 g/mol. The summed E-state index contributed by atoms with van der Waals surface area (Å²) in [6.45, 7) is 0.852. The van der Waals surface area contributed by atoms with Gasteiger partial charge in [-0.1, -0.05) is 0 Å². The molecule has 0 rings (SSSR count). The fraction of sp³-hybridized carbons (Fsp3) is 1.00. The van der Waals surface area contributed by atoms with Crippen molar-refractivity contribution in [1.82, 2.24) is 0 Å². The summed E-state index contributed by atoms with van der Waals surface area (Å²) in [4.78, 5) is 0. The molecule has 0 aromatic rings. The van der Waals surface area contributed by atoms with Crippen LogP contribution in [0.15, 0.2) is 0 Å². The Kier molecular flexibility index (Phi) is 4.86. The minimum absolute atomic E-state index is 0.852. The van der Waals surface area contributed by atoms with Crippen molar-refractivity contribution in [2.75, 3.05) is 12.8 Å². The summed E-state index contributed by atoms with van der Waals surface area (Å²) in [7, 11) is 4.27. The van der Waals surface area contributed by atoms with Gasteiger partial charge in [0.25, 0.3) is 8.05 Å². The van der Waals surface area contributed by atoms with Crippen molar-refractivity contribution in [3.8, 4) is 0 Å². The number of hydrogen-bond donors (Lipinski definition) is 0. The lowest BCUT2D eigenvalue weighted by molar-refractivity contribution is 0.380. The summed E-state index contributed by atoms with van der Waals surface area (Å²) in [5.41, 5.74) is 0. The second kappa shape index (κ2) is 4.45. The molecule has 0 aromatic heterocycles. The van der Waals surface area contributed by atoms with Crippen LogP contribution in [-0.2, 0) is 4.65 Å². The van der Waals surface area contributed by atoms with Crippen LogP contribution in [0.5, 0.6) is 0 Å². The maximum Gasteiger partial charge on any atom is 0.257 e. The van der Waals surface area contributed by atoms with E-state index in [9.17, 15) is 0 Å². The molecule has 0 saturated carbocycles. The highest BCUT2D eigenvalue weighted by atomic mass is 31.0. The zero-order chi connectivity index (χ0) is 4.12. The molecule has 1 unspecified atom stereocenters. The zero-order valence-electron chi connectivity index (χ0n) is 3.40. The summed E-state index contributed by atoms with van der Waals surface area (Å²) in [6.07, 6.45) is 1.04. The molecule has 0 aliphatic heterocycles. The second-order valence-corrected chi connectivity index (χ2v) is 1.36. The molecule has 0 saturated heterocycles. The van der Waals surface area contributed by atoms with Gasteiger partial charge in [-0.25, -0.2) is 0 Å². The monoisotopic (exact) mass is 90.0 g/mol. The van der Waals surface area contributed by atoms with Gasteiger partial charge in [-0.05, 0) is 6.16 Å². The molecule has 0 heterocycles. The molecule has 0 amide bonds. The second-order valence-electron chi connectivity index (χ2n) is 0.781. The van der Waals surface area contributed by atoms with Crippen molar-refractivity contribution in [2.45, 2.75) is 0 Å². The molecule has 30 valence electrons. The van der Waals surface area contributed by atoms with Crippen molar-refractivity contribution in [1.29, 1.82) is 0 Å². The SMILES string of the molecule is BOCCP. The van der Waals surface area contributed by atoms with Gasteiger partial charge in [0.05, 0.1) is 0 Å². The van der Waals surface area contributed by atoms with Gasteiger partial charge >= 0.3 is 0 Å². The van der Waals surface area contributed by atoms with Crippen LogP contribution in [0.25, 0.3) is 0 Å². The van der Waals surface area contributed by atoms with Crippen LogP contribution < -0.4 is 0 Å². The molecular formula is C2H8BOP. The average Bonchev–Trinajstić information content (AvgIpc) is 1.41.